The highest BCUT2D eigenvalue weighted by atomic mass is 79.9. The Morgan fingerprint density at radius 1 is 1.50 bits per heavy atom. The van der Waals surface area contributed by atoms with Gasteiger partial charge in [-0.2, -0.15) is 4.31 Å². The second-order valence-corrected chi connectivity index (χ2v) is 7.31. The standard InChI is InChI=1S/C10H20BrNO3S/c1-8(2)7-16(13,14)12-5-10(4-11)15-6-9(12)3/h8-10H,4-7H2,1-3H3. The molecule has 1 rings (SSSR count). The highest BCUT2D eigenvalue weighted by Crippen LogP contribution is 2.19. The fourth-order valence-corrected chi connectivity index (χ4v) is 4.22. The molecule has 2 unspecified atom stereocenters. The number of alkyl halides is 1. The van der Waals surface area contributed by atoms with E-state index in [2.05, 4.69) is 15.9 Å². The maximum atomic E-state index is 12.1. The minimum absolute atomic E-state index is 0.0295. The summed E-state index contributed by atoms with van der Waals surface area (Å²) in [5.74, 6) is 0.370. The van der Waals surface area contributed by atoms with Crippen LogP contribution in [0.5, 0.6) is 0 Å². The number of sulfonamides is 1. The van der Waals surface area contributed by atoms with Crippen LogP contribution in [0.4, 0.5) is 0 Å². The lowest BCUT2D eigenvalue weighted by Crippen LogP contribution is -2.52. The van der Waals surface area contributed by atoms with Crippen LogP contribution in [-0.2, 0) is 14.8 Å². The first kappa shape index (κ1) is 14.4. The summed E-state index contributed by atoms with van der Waals surface area (Å²) in [6, 6.07) is -0.0564. The van der Waals surface area contributed by atoms with Crippen LogP contribution in [0.2, 0.25) is 0 Å². The maximum absolute atomic E-state index is 12.1. The van der Waals surface area contributed by atoms with E-state index in [1.807, 2.05) is 20.8 Å². The molecule has 0 aromatic rings. The van der Waals surface area contributed by atoms with Gasteiger partial charge in [0.25, 0.3) is 0 Å². The molecule has 0 bridgehead atoms. The first-order valence-corrected chi connectivity index (χ1v) is 8.27. The van der Waals surface area contributed by atoms with Crippen molar-refractivity contribution in [1.82, 2.24) is 4.31 Å². The Balaban J connectivity index is 2.76. The zero-order valence-electron chi connectivity index (χ0n) is 10.0. The summed E-state index contributed by atoms with van der Waals surface area (Å²) < 4.78 is 31.3. The van der Waals surface area contributed by atoms with Crippen LogP contribution in [0.1, 0.15) is 20.8 Å². The summed E-state index contributed by atoms with van der Waals surface area (Å²) in [5, 5.41) is 0.674. The smallest absolute Gasteiger partial charge is 0.214 e. The second-order valence-electron chi connectivity index (χ2n) is 4.70. The zero-order valence-corrected chi connectivity index (χ0v) is 12.4. The third-order valence-corrected chi connectivity index (χ3v) is 5.56. The van der Waals surface area contributed by atoms with Crippen molar-refractivity contribution in [2.24, 2.45) is 5.92 Å². The Morgan fingerprint density at radius 2 is 2.12 bits per heavy atom. The summed E-state index contributed by atoms with van der Waals surface area (Å²) in [6.45, 7) is 6.67. The number of nitrogens with zero attached hydrogens (tertiary/aromatic N) is 1. The van der Waals surface area contributed by atoms with Crippen LogP contribution in [0.25, 0.3) is 0 Å². The van der Waals surface area contributed by atoms with Gasteiger partial charge in [0, 0.05) is 17.9 Å². The van der Waals surface area contributed by atoms with E-state index in [1.165, 1.54) is 0 Å². The Kier molecular flexibility index (Phi) is 5.22. The second kappa shape index (κ2) is 5.80. The molecule has 16 heavy (non-hydrogen) atoms. The average Bonchev–Trinajstić information content (AvgIpc) is 2.16. The van der Waals surface area contributed by atoms with Crippen LogP contribution >= 0.6 is 15.9 Å². The predicted octanol–water partition coefficient (Wildman–Crippen LogP) is 1.46. The van der Waals surface area contributed by atoms with Gasteiger partial charge in [0.05, 0.1) is 18.5 Å². The van der Waals surface area contributed by atoms with Crippen LogP contribution < -0.4 is 0 Å². The molecule has 4 nitrogen and oxygen atoms in total. The lowest BCUT2D eigenvalue weighted by Gasteiger charge is -2.36. The molecule has 1 fully saturated rings. The molecule has 0 radical (unpaired) electrons. The third-order valence-electron chi connectivity index (χ3n) is 2.52. The molecule has 0 aromatic carbocycles. The van der Waals surface area contributed by atoms with Gasteiger partial charge < -0.3 is 4.74 Å². The van der Waals surface area contributed by atoms with Crippen LogP contribution in [-0.4, -0.2) is 49.1 Å². The molecule has 0 N–H and O–H groups in total. The van der Waals surface area contributed by atoms with E-state index in [4.69, 9.17) is 4.74 Å². The molecule has 0 saturated carbocycles. The van der Waals surface area contributed by atoms with Crippen molar-refractivity contribution in [3.05, 3.63) is 0 Å². The quantitative estimate of drug-likeness (QED) is 0.738. The zero-order chi connectivity index (χ0) is 12.3. The number of ether oxygens (including phenoxy) is 1. The number of morpholine rings is 1. The van der Waals surface area contributed by atoms with Crippen LogP contribution in [0, 0.1) is 5.92 Å². The van der Waals surface area contributed by atoms with Gasteiger partial charge in [0.15, 0.2) is 0 Å². The van der Waals surface area contributed by atoms with Gasteiger partial charge >= 0.3 is 0 Å². The molecule has 0 aromatic heterocycles. The van der Waals surface area contributed by atoms with Crippen molar-refractivity contribution in [2.75, 3.05) is 24.2 Å². The summed E-state index contributed by atoms with van der Waals surface area (Å²) in [6.07, 6.45) is -0.0295. The van der Waals surface area contributed by atoms with E-state index in [1.54, 1.807) is 4.31 Å². The van der Waals surface area contributed by atoms with Crippen LogP contribution in [0.15, 0.2) is 0 Å². The first-order valence-electron chi connectivity index (χ1n) is 5.54. The van der Waals surface area contributed by atoms with Crippen molar-refractivity contribution >= 4 is 26.0 Å². The fraction of sp³-hybridized carbons (Fsp3) is 1.00. The Labute approximate surface area is 107 Å². The molecule has 0 amide bonds. The summed E-state index contributed by atoms with van der Waals surface area (Å²) in [7, 11) is -3.14. The molecular formula is C10H20BrNO3S. The van der Waals surface area contributed by atoms with Crippen molar-refractivity contribution in [3.63, 3.8) is 0 Å². The SMILES string of the molecule is CC(C)CS(=O)(=O)N1CC(CBr)OCC1C. The Morgan fingerprint density at radius 3 is 2.62 bits per heavy atom. The number of halogens is 1. The van der Waals surface area contributed by atoms with Crippen molar-refractivity contribution in [2.45, 2.75) is 32.9 Å². The van der Waals surface area contributed by atoms with Crippen LogP contribution in [0.3, 0.4) is 0 Å². The Hall–Kier alpha value is 0.350. The van der Waals surface area contributed by atoms with Gasteiger partial charge in [0.2, 0.25) is 10.0 Å². The number of hydrogen-bond acceptors (Lipinski definition) is 3. The van der Waals surface area contributed by atoms with E-state index in [9.17, 15) is 8.42 Å². The van der Waals surface area contributed by atoms with E-state index >= 15 is 0 Å². The maximum Gasteiger partial charge on any atom is 0.214 e. The van der Waals surface area contributed by atoms with Gasteiger partial charge in [-0.3, -0.25) is 0 Å². The fourth-order valence-electron chi connectivity index (χ4n) is 1.79. The monoisotopic (exact) mass is 313 g/mol. The van der Waals surface area contributed by atoms with Gasteiger partial charge in [-0.25, -0.2) is 8.42 Å². The molecule has 1 aliphatic rings. The summed E-state index contributed by atoms with van der Waals surface area (Å²) in [5.41, 5.74) is 0. The van der Waals surface area contributed by atoms with Crippen molar-refractivity contribution in [3.8, 4) is 0 Å². The van der Waals surface area contributed by atoms with E-state index in [0.717, 1.165) is 0 Å². The molecule has 0 aliphatic carbocycles. The summed E-state index contributed by atoms with van der Waals surface area (Å²) in [4.78, 5) is 0. The average molecular weight is 314 g/mol. The highest BCUT2D eigenvalue weighted by molar-refractivity contribution is 9.09. The predicted molar refractivity (Wildman–Crippen MR) is 68.3 cm³/mol. The molecule has 6 heteroatoms. The lowest BCUT2D eigenvalue weighted by molar-refractivity contribution is -0.0140. The molecule has 96 valence electrons. The molecule has 1 saturated heterocycles. The van der Waals surface area contributed by atoms with Crippen molar-refractivity contribution in [1.29, 1.82) is 0 Å². The van der Waals surface area contributed by atoms with E-state index in [-0.39, 0.29) is 23.8 Å². The Bertz CT molecular complexity index is 318. The minimum Gasteiger partial charge on any atom is -0.374 e. The van der Waals surface area contributed by atoms with E-state index < -0.39 is 10.0 Å². The normalized spacial score (nSPS) is 28.6. The van der Waals surface area contributed by atoms with Crippen molar-refractivity contribution < 1.29 is 13.2 Å². The van der Waals surface area contributed by atoms with Gasteiger partial charge in [0.1, 0.15) is 0 Å². The van der Waals surface area contributed by atoms with Gasteiger partial charge in [-0.05, 0) is 12.8 Å². The largest absolute Gasteiger partial charge is 0.374 e. The molecule has 2 atom stereocenters. The number of hydrogen-bond donors (Lipinski definition) is 0. The molecule has 0 spiro atoms. The highest BCUT2D eigenvalue weighted by Gasteiger charge is 2.34. The topological polar surface area (TPSA) is 46.6 Å². The van der Waals surface area contributed by atoms with Gasteiger partial charge in [-0.15, -0.1) is 0 Å². The lowest BCUT2D eigenvalue weighted by atomic mass is 10.2. The summed E-state index contributed by atoms with van der Waals surface area (Å²) >= 11 is 3.33. The number of rotatable bonds is 4. The minimum atomic E-state index is -3.14. The third kappa shape index (κ3) is 3.68. The molecule has 1 heterocycles. The molecule has 1 aliphatic heterocycles. The molecular weight excluding hydrogens is 294 g/mol. The van der Waals surface area contributed by atoms with E-state index in [0.29, 0.717) is 18.5 Å². The first-order chi connectivity index (χ1) is 7.36. The van der Waals surface area contributed by atoms with Gasteiger partial charge in [-0.1, -0.05) is 29.8 Å².